The summed E-state index contributed by atoms with van der Waals surface area (Å²) < 4.78 is 2.20. The third kappa shape index (κ3) is 1.94. The van der Waals surface area contributed by atoms with Gasteiger partial charge in [0.15, 0.2) is 0 Å². The van der Waals surface area contributed by atoms with Crippen LogP contribution in [-0.4, -0.2) is 4.57 Å². The van der Waals surface area contributed by atoms with Crippen LogP contribution in [0.1, 0.15) is 16.7 Å². The molecule has 110 valence electrons. The van der Waals surface area contributed by atoms with Crippen molar-refractivity contribution in [3.05, 3.63) is 77.4 Å². The first-order valence-electron chi connectivity index (χ1n) is 7.70. The Kier molecular flexibility index (Phi) is 2.96. The lowest BCUT2D eigenvalue weighted by Crippen LogP contribution is -1.99. The zero-order valence-corrected chi connectivity index (χ0v) is 13.2. The normalized spacial score (nSPS) is 11.0. The van der Waals surface area contributed by atoms with Crippen LogP contribution in [0.3, 0.4) is 0 Å². The van der Waals surface area contributed by atoms with Crippen LogP contribution in [0.15, 0.2) is 60.7 Å². The van der Waals surface area contributed by atoms with E-state index in [1.807, 2.05) is 25.1 Å². The molecule has 0 amide bonds. The summed E-state index contributed by atoms with van der Waals surface area (Å²) >= 11 is 0. The minimum absolute atomic E-state index is 0.708. The van der Waals surface area contributed by atoms with Gasteiger partial charge < -0.3 is 4.57 Å². The summed E-state index contributed by atoms with van der Waals surface area (Å²) in [5.74, 6) is 0. The molecule has 23 heavy (non-hydrogen) atoms. The molecule has 2 heteroatoms. The Morgan fingerprint density at radius 2 is 1.30 bits per heavy atom. The van der Waals surface area contributed by atoms with Gasteiger partial charge >= 0.3 is 0 Å². The van der Waals surface area contributed by atoms with Crippen molar-refractivity contribution < 1.29 is 0 Å². The highest BCUT2D eigenvalue weighted by Gasteiger charge is 2.14. The minimum Gasteiger partial charge on any atom is -0.308 e. The molecule has 0 atom stereocenters. The number of nitrogens with zero attached hydrogens (tertiary/aromatic N) is 2. The summed E-state index contributed by atoms with van der Waals surface area (Å²) in [4.78, 5) is 0. The molecule has 0 saturated carbocycles. The zero-order chi connectivity index (χ0) is 16.0. The van der Waals surface area contributed by atoms with E-state index in [0.717, 1.165) is 22.3 Å². The van der Waals surface area contributed by atoms with E-state index < -0.39 is 0 Å². The molecule has 0 aliphatic carbocycles. The molecule has 0 aliphatic rings. The molecule has 4 aromatic rings. The van der Waals surface area contributed by atoms with Gasteiger partial charge in [-0.15, -0.1) is 0 Å². The molecular weight excluding hydrogens is 280 g/mol. The Morgan fingerprint density at radius 3 is 1.87 bits per heavy atom. The van der Waals surface area contributed by atoms with E-state index in [1.54, 1.807) is 0 Å². The Morgan fingerprint density at radius 1 is 0.783 bits per heavy atom. The monoisotopic (exact) mass is 296 g/mol. The van der Waals surface area contributed by atoms with E-state index in [-0.39, 0.29) is 0 Å². The summed E-state index contributed by atoms with van der Waals surface area (Å²) in [7, 11) is 0. The van der Waals surface area contributed by atoms with E-state index in [9.17, 15) is 5.26 Å². The van der Waals surface area contributed by atoms with Crippen molar-refractivity contribution in [2.45, 2.75) is 13.8 Å². The minimum atomic E-state index is 0.708. The van der Waals surface area contributed by atoms with Crippen molar-refractivity contribution in [1.82, 2.24) is 4.57 Å². The lowest BCUT2D eigenvalue weighted by Gasteiger charge is -2.12. The molecule has 1 aromatic heterocycles. The topological polar surface area (TPSA) is 28.7 Å². The highest BCUT2D eigenvalue weighted by Crippen LogP contribution is 2.33. The number of para-hydroxylation sites is 2. The van der Waals surface area contributed by atoms with Gasteiger partial charge in [-0.2, -0.15) is 5.26 Å². The van der Waals surface area contributed by atoms with Crippen molar-refractivity contribution in [2.75, 3.05) is 0 Å². The van der Waals surface area contributed by atoms with Crippen molar-refractivity contribution in [3.63, 3.8) is 0 Å². The average Bonchev–Trinajstić information content (AvgIpc) is 2.91. The lowest BCUT2D eigenvalue weighted by atomic mass is 10.0. The fourth-order valence-electron chi connectivity index (χ4n) is 3.26. The second-order valence-electron chi connectivity index (χ2n) is 5.94. The molecule has 0 spiro atoms. The van der Waals surface area contributed by atoms with E-state index in [2.05, 4.69) is 60.0 Å². The van der Waals surface area contributed by atoms with Gasteiger partial charge in [-0.3, -0.25) is 0 Å². The molecular formula is C21H16N2. The fraction of sp³-hybridized carbons (Fsp3) is 0.0952. The van der Waals surface area contributed by atoms with Crippen molar-refractivity contribution in [2.24, 2.45) is 0 Å². The maximum Gasteiger partial charge on any atom is 0.101 e. The molecule has 3 aromatic carbocycles. The van der Waals surface area contributed by atoms with E-state index in [4.69, 9.17) is 0 Å². The number of hydrogen-bond acceptors (Lipinski definition) is 1. The molecule has 0 unspecified atom stereocenters. The number of aryl methyl sites for hydroxylation is 2. The summed E-state index contributed by atoms with van der Waals surface area (Å²) in [5, 5.41) is 12.0. The van der Waals surface area contributed by atoms with Gasteiger partial charge in [-0.1, -0.05) is 36.4 Å². The predicted molar refractivity (Wildman–Crippen MR) is 95.0 cm³/mol. The van der Waals surface area contributed by atoms with Crippen molar-refractivity contribution >= 4 is 21.8 Å². The number of benzene rings is 3. The van der Waals surface area contributed by atoms with Gasteiger partial charge in [-0.05, 0) is 49.2 Å². The highest BCUT2D eigenvalue weighted by molar-refractivity contribution is 6.09. The van der Waals surface area contributed by atoms with Crippen LogP contribution in [-0.2, 0) is 0 Å². The number of hydrogen-bond donors (Lipinski definition) is 0. The molecule has 0 fully saturated rings. The van der Waals surface area contributed by atoms with Crippen LogP contribution < -0.4 is 0 Å². The zero-order valence-electron chi connectivity index (χ0n) is 13.2. The van der Waals surface area contributed by atoms with Gasteiger partial charge in [0.05, 0.1) is 22.3 Å². The first kappa shape index (κ1) is 13.6. The Labute approximate surface area is 135 Å². The Hall–Kier alpha value is -3.05. The molecule has 0 aliphatic heterocycles. The van der Waals surface area contributed by atoms with Crippen LogP contribution in [0.4, 0.5) is 0 Å². The standard InChI is InChI=1S/C21H16N2/c1-14-11-16(13-22)21(12-15(14)2)23-19-9-5-3-7-17(19)18-8-4-6-10-20(18)23/h3-12H,1-2H3. The second kappa shape index (κ2) is 5.00. The number of fused-ring (bicyclic) bond motifs is 3. The number of aromatic nitrogens is 1. The Bertz CT molecular complexity index is 1040. The van der Waals surface area contributed by atoms with E-state index in [1.165, 1.54) is 16.3 Å². The molecule has 0 N–H and O–H groups in total. The van der Waals surface area contributed by atoms with Crippen LogP contribution >= 0.6 is 0 Å². The molecule has 0 radical (unpaired) electrons. The first-order chi connectivity index (χ1) is 11.2. The smallest absolute Gasteiger partial charge is 0.101 e. The second-order valence-corrected chi connectivity index (χ2v) is 5.94. The largest absolute Gasteiger partial charge is 0.308 e. The van der Waals surface area contributed by atoms with Crippen LogP contribution in [0.25, 0.3) is 27.5 Å². The molecule has 2 nitrogen and oxygen atoms in total. The fourth-order valence-corrected chi connectivity index (χ4v) is 3.26. The third-order valence-electron chi connectivity index (χ3n) is 4.55. The molecule has 1 heterocycles. The van der Waals surface area contributed by atoms with Gasteiger partial charge in [0.1, 0.15) is 6.07 Å². The SMILES string of the molecule is Cc1cc(C#N)c(-n2c3ccccc3c3ccccc32)cc1C. The highest BCUT2D eigenvalue weighted by atomic mass is 15.0. The predicted octanol–water partition coefficient (Wildman–Crippen LogP) is 5.27. The summed E-state index contributed by atoms with van der Waals surface area (Å²) in [6.45, 7) is 4.14. The van der Waals surface area contributed by atoms with Gasteiger partial charge in [0, 0.05) is 10.8 Å². The van der Waals surface area contributed by atoms with Crippen LogP contribution in [0, 0.1) is 25.2 Å². The first-order valence-corrected chi connectivity index (χ1v) is 7.70. The number of nitriles is 1. The quantitative estimate of drug-likeness (QED) is 0.470. The van der Waals surface area contributed by atoms with Crippen LogP contribution in [0.2, 0.25) is 0 Å². The third-order valence-corrected chi connectivity index (χ3v) is 4.55. The number of rotatable bonds is 1. The van der Waals surface area contributed by atoms with Gasteiger partial charge in [-0.25, -0.2) is 0 Å². The van der Waals surface area contributed by atoms with Gasteiger partial charge in [0.25, 0.3) is 0 Å². The molecule has 0 saturated heterocycles. The van der Waals surface area contributed by atoms with Crippen molar-refractivity contribution in [1.29, 1.82) is 5.26 Å². The molecule has 4 rings (SSSR count). The van der Waals surface area contributed by atoms with E-state index >= 15 is 0 Å². The lowest BCUT2D eigenvalue weighted by molar-refractivity contribution is 1.15. The summed E-state index contributed by atoms with van der Waals surface area (Å²) in [5.41, 5.74) is 6.27. The summed E-state index contributed by atoms with van der Waals surface area (Å²) in [6, 6.07) is 23.2. The van der Waals surface area contributed by atoms with Crippen molar-refractivity contribution in [3.8, 4) is 11.8 Å². The maximum absolute atomic E-state index is 9.61. The van der Waals surface area contributed by atoms with E-state index in [0.29, 0.717) is 5.56 Å². The Balaban J connectivity index is 2.22. The van der Waals surface area contributed by atoms with Gasteiger partial charge in [0.2, 0.25) is 0 Å². The molecule has 0 bridgehead atoms. The van der Waals surface area contributed by atoms with Crippen LogP contribution in [0.5, 0.6) is 0 Å². The average molecular weight is 296 g/mol. The maximum atomic E-state index is 9.61. The summed E-state index contributed by atoms with van der Waals surface area (Å²) in [6.07, 6.45) is 0.